The summed E-state index contributed by atoms with van der Waals surface area (Å²) in [4.78, 5) is 21.5. The number of carboxylic acids is 1. The maximum atomic E-state index is 11.3. The fourth-order valence-electron chi connectivity index (χ4n) is 1.05. The van der Waals surface area contributed by atoms with Gasteiger partial charge in [0, 0.05) is 5.02 Å². The molecule has 1 atom stereocenters. The van der Waals surface area contributed by atoms with Crippen LogP contribution >= 0.6 is 11.6 Å². The highest BCUT2D eigenvalue weighted by Gasteiger charge is 2.14. The van der Waals surface area contributed by atoms with Crippen LogP contribution in [0.1, 0.15) is 0 Å². The summed E-state index contributed by atoms with van der Waals surface area (Å²) in [7, 11) is 0. The topological polar surface area (TPSA) is 95.9 Å². The van der Waals surface area contributed by atoms with Crippen molar-refractivity contribution >= 4 is 23.5 Å². The van der Waals surface area contributed by atoms with Gasteiger partial charge in [-0.15, -0.1) is 0 Å². The second-order valence-electron chi connectivity index (χ2n) is 3.40. The lowest BCUT2D eigenvalue weighted by molar-refractivity contribution is -0.146. The van der Waals surface area contributed by atoms with Gasteiger partial charge in [-0.3, -0.25) is 4.79 Å². The highest BCUT2D eigenvalue weighted by Crippen LogP contribution is 2.16. The third-order valence-electron chi connectivity index (χ3n) is 1.94. The number of aliphatic hydroxyl groups excluding tert-OH is 1. The molecule has 0 saturated heterocycles. The predicted molar refractivity (Wildman–Crippen MR) is 63.6 cm³/mol. The Kier molecular flexibility index (Phi) is 5.41. The normalized spacial score (nSPS) is 11.7. The molecule has 18 heavy (non-hydrogen) atoms. The van der Waals surface area contributed by atoms with Crippen molar-refractivity contribution in [2.75, 3.05) is 13.2 Å². The Morgan fingerprint density at radius 3 is 2.78 bits per heavy atom. The molecule has 1 aromatic carbocycles. The van der Waals surface area contributed by atoms with Gasteiger partial charge < -0.3 is 20.3 Å². The first kappa shape index (κ1) is 14.3. The molecule has 0 aliphatic carbocycles. The lowest BCUT2D eigenvalue weighted by Gasteiger charge is -2.09. The van der Waals surface area contributed by atoms with Gasteiger partial charge in [0.2, 0.25) is 0 Å². The summed E-state index contributed by atoms with van der Waals surface area (Å²) in [6.45, 7) is -0.653. The van der Waals surface area contributed by atoms with E-state index < -0.39 is 18.0 Å². The van der Waals surface area contributed by atoms with Gasteiger partial charge in [-0.05, 0) is 18.2 Å². The Labute approximate surface area is 108 Å². The standard InChI is InChI=1S/C11H12ClNO5/c12-7-2-1-3-8(4-7)18-6-10(15)13-5-9(14)11(16)17/h1-4,9,14H,5-6H2,(H,13,15)(H,16,17)/t9-/m0/s1. The molecule has 0 unspecified atom stereocenters. The number of rotatable bonds is 6. The van der Waals surface area contributed by atoms with Gasteiger partial charge in [0.25, 0.3) is 5.91 Å². The second kappa shape index (κ2) is 6.83. The minimum Gasteiger partial charge on any atom is -0.484 e. The summed E-state index contributed by atoms with van der Waals surface area (Å²) in [5.41, 5.74) is 0. The number of halogens is 1. The van der Waals surface area contributed by atoms with Crippen LogP contribution in [0.15, 0.2) is 24.3 Å². The number of hydrogen-bond acceptors (Lipinski definition) is 4. The van der Waals surface area contributed by atoms with E-state index >= 15 is 0 Å². The number of hydrogen-bond donors (Lipinski definition) is 3. The molecular formula is C11H12ClNO5. The van der Waals surface area contributed by atoms with Crippen LogP contribution in [0, 0.1) is 0 Å². The molecule has 0 radical (unpaired) electrons. The third-order valence-corrected chi connectivity index (χ3v) is 2.18. The molecule has 0 heterocycles. The van der Waals surface area contributed by atoms with E-state index in [1.165, 1.54) is 0 Å². The van der Waals surface area contributed by atoms with Gasteiger partial charge in [-0.25, -0.2) is 4.79 Å². The van der Waals surface area contributed by atoms with E-state index in [9.17, 15) is 9.59 Å². The van der Waals surface area contributed by atoms with Crippen LogP contribution in [0.3, 0.4) is 0 Å². The van der Waals surface area contributed by atoms with Gasteiger partial charge in [0.05, 0.1) is 6.54 Å². The van der Waals surface area contributed by atoms with Gasteiger partial charge in [-0.2, -0.15) is 0 Å². The van der Waals surface area contributed by atoms with Crippen molar-refractivity contribution in [2.45, 2.75) is 6.10 Å². The molecule has 1 rings (SSSR count). The van der Waals surface area contributed by atoms with Crippen LogP contribution in [-0.2, 0) is 9.59 Å². The fourth-order valence-corrected chi connectivity index (χ4v) is 1.23. The van der Waals surface area contributed by atoms with Gasteiger partial charge >= 0.3 is 5.97 Å². The molecule has 0 aliphatic heterocycles. The maximum absolute atomic E-state index is 11.3. The fraction of sp³-hybridized carbons (Fsp3) is 0.273. The van der Waals surface area contributed by atoms with Crippen LogP contribution in [0.25, 0.3) is 0 Å². The maximum Gasteiger partial charge on any atom is 0.334 e. The zero-order chi connectivity index (χ0) is 13.5. The van der Waals surface area contributed by atoms with E-state index in [1.54, 1.807) is 24.3 Å². The molecule has 1 amide bonds. The molecule has 0 aliphatic rings. The summed E-state index contributed by atoms with van der Waals surface area (Å²) in [6.07, 6.45) is -1.62. The number of carbonyl (C=O) groups is 2. The number of aliphatic carboxylic acids is 1. The number of benzene rings is 1. The molecule has 0 fully saturated rings. The van der Waals surface area contributed by atoms with Gasteiger partial charge in [-0.1, -0.05) is 17.7 Å². The highest BCUT2D eigenvalue weighted by molar-refractivity contribution is 6.30. The molecule has 98 valence electrons. The van der Waals surface area contributed by atoms with E-state index in [0.29, 0.717) is 10.8 Å². The Hall–Kier alpha value is -1.79. The summed E-state index contributed by atoms with van der Waals surface area (Å²) >= 11 is 5.72. The van der Waals surface area contributed by atoms with Gasteiger partial charge in [0.15, 0.2) is 12.7 Å². The van der Waals surface area contributed by atoms with E-state index in [4.69, 9.17) is 26.6 Å². The average molecular weight is 274 g/mol. The minimum absolute atomic E-state index is 0.285. The van der Waals surface area contributed by atoms with E-state index in [1.807, 2.05) is 0 Å². The van der Waals surface area contributed by atoms with Crippen LogP contribution in [0.4, 0.5) is 0 Å². The van der Waals surface area contributed by atoms with Crippen molar-refractivity contribution < 1.29 is 24.5 Å². The third kappa shape index (κ3) is 5.03. The van der Waals surface area contributed by atoms with Crippen molar-refractivity contribution in [1.29, 1.82) is 0 Å². The molecule has 6 nitrogen and oxygen atoms in total. The first-order valence-corrected chi connectivity index (χ1v) is 5.43. The number of carbonyl (C=O) groups excluding carboxylic acids is 1. The molecule has 0 saturated carbocycles. The van der Waals surface area contributed by atoms with Crippen molar-refractivity contribution in [3.8, 4) is 5.75 Å². The Morgan fingerprint density at radius 2 is 2.17 bits per heavy atom. The number of aliphatic hydroxyl groups is 1. The SMILES string of the molecule is O=C(COc1cccc(Cl)c1)NC[C@H](O)C(=O)O. The Bertz CT molecular complexity index is 437. The number of ether oxygens (including phenoxy) is 1. The average Bonchev–Trinajstić information content (AvgIpc) is 2.33. The molecule has 1 aromatic rings. The zero-order valence-corrected chi connectivity index (χ0v) is 10.1. The van der Waals surface area contributed by atoms with Crippen molar-refractivity contribution in [3.63, 3.8) is 0 Å². The molecule has 3 N–H and O–H groups in total. The number of amides is 1. The quantitative estimate of drug-likeness (QED) is 0.692. The Balaban J connectivity index is 2.31. The van der Waals surface area contributed by atoms with Crippen LogP contribution in [-0.4, -0.2) is 41.3 Å². The predicted octanol–water partition coefficient (Wildman–Crippen LogP) is 0.280. The second-order valence-corrected chi connectivity index (χ2v) is 3.84. The van der Waals surface area contributed by atoms with Crippen molar-refractivity contribution in [3.05, 3.63) is 29.3 Å². The summed E-state index contributed by atoms with van der Waals surface area (Å²) in [5, 5.41) is 20.0. The number of carboxylic acid groups (broad SMARTS) is 1. The molecule has 0 spiro atoms. The van der Waals surface area contributed by atoms with E-state index in [2.05, 4.69) is 5.32 Å². The molecule has 0 bridgehead atoms. The highest BCUT2D eigenvalue weighted by atomic mass is 35.5. The Morgan fingerprint density at radius 1 is 1.44 bits per heavy atom. The van der Waals surface area contributed by atoms with Gasteiger partial charge in [0.1, 0.15) is 5.75 Å². The van der Waals surface area contributed by atoms with E-state index in [0.717, 1.165) is 0 Å². The molecular weight excluding hydrogens is 262 g/mol. The first-order valence-electron chi connectivity index (χ1n) is 5.05. The summed E-state index contributed by atoms with van der Waals surface area (Å²) in [6, 6.07) is 6.51. The lowest BCUT2D eigenvalue weighted by Crippen LogP contribution is -2.38. The summed E-state index contributed by atoms with van der Waals surface area (Å²) < 4.78 is 5.12. The smallest absolute Gasteiger partial charge is 0.334 e. The van der Waals surface area contributed by atoms with E-state index in [-0.39, 0.29) is 13.2 Å². The minimum atomic E-state index is -1.62. The van der Waals surface area contributed by atoms with Crippen molar-refractivity contribution in [1.82, 2.24) is 5.32 Å². The van der Waals surface area contributed by atoms with Crippen LogP contribution < -0.4 is 10.1 Å². The molecule has 0 aromatic heterocycles. The van der Waals surface area contributed by atoms with Crippen LogP contribution in [0.2, 0.25) is 5.02 Å². The first-order chi connectivity index (χ1) is 8.49. The van der Waals surface area contributed by atoms with Crippen molar-refractivity contribution in [2.24, 2.45) is 0 Å². The largest absolute Gasteiger partial charge is 0.484 e. The van der Waals surface area contributed by atoms with Crippen LogP contribution in [0.5, 0.6) is 5.75 Å². The lowest BCUT2D eigenvalue weighted by atomic mass is 10.3. The number of nitrogens with one attached hydrogen (secondary N) is 1. The molecule has 7 heteroatoms. The summed E-state index contributed by atoms with van der Waals surface area (Å²) in [5.74, 6) is -1.50. The monoisotopic (exact) mass is 273 g/mol. The zero-order valence-electron chi connectivity index (χ0n) is 9.30.